The van der Waals surface area contributed by atoms with Crippen LogP contribution in [0.3, 0.4) is 0 Å². The summed E-state index contributed by atoms with van der Waals surface area (Å²) < 4.78 is 43.1. The third-order valence-electron chi connectivity index (χ3n) is 1.47. The predicted molar refractivity (Wildman–Crippen MR) is 73.1 cm³/mol. The van der Waals surface area contributed by atoms with Crippen LogP contribution < -0.4 is 14.4 Å². The number of rotatable bonds is 10. The topological polar surface area (TPSA) is 149 Å². The Bertz CT molecular complexity index is 287. The Kier molecular flexibility index (Phi) is 18.0. The fourth-order valence-electron chi connectivity index (χ4n) is 1.05. The van der Waals surface area contributed by atoms with E-state index >= 15 is 0 Å². The van der Waals surface area contributed by atoms with Gasteiger partial charge in [-0.3, -0.25) is 0 Å². The van der Waals surface area contributed by atoms with Crippen molar-refractivity contribution in [2.45, 2.75) is 27.7 Å². The molecule has 0 fully saturated rings. The van der Waals surface area contributed by atoms with Gasteiger partial charge in [0.25, 0.3) is 0 Å². The van der Waals surface area contributed by atoms with Gasteiger partial charge >= 0.3 is 25.4 Å². The number of hydrogen-bond acceptors (Lipinski definition) is 10. The zero-order valence-electron chi connectivity index (χ0n) is 12.9. The van der Waals surface area contributed by atoms with Gasteiger partial charge in [-0.25, -0.2) is 9.13 Å². The molecule has 0 aromatic carbocycles. The smallest absolute Gasteiger partial charge is 0.860 e. The van der Waals surface area contributed by atoms with E-state index in [2.05, 4.69) is 4.21 Å². The van der Waals surface area contributed by atoms with Crippen LogP contribution in [-0.2, 0) is 31.0 Å². The first-order chi connectivity index (χ1) is 9.66. The van der Waals surface area contributed by atoms with Gasteiger partial charge in [-0.1, -0.05) is 9.05 Å². The summed E-state index contributed by atoms with van der Waals surface area (Å²) in [6, 6.07) is 0. The molecule has 0 saturated carbocycles. The van der Waals surface area contributed by atoms with E-state index in [0.717, 1.165) is 0 Å². The molecular formula is C8H20BO10PSi2. The molecule has 0 aliphatic rings. The van der Waals surface area contributed by atoms with Crippen LogP contribution in [0.1, 0.15) is 27.7 Å². The maximum absolute atomic E-state index is 9.34. The van der Waals surface area contributed by atoms with Crippen molar-refractivity contribution in [3.8, 4) is 0 Å². The van der Waals surface area contributed by atoms with Crippen LogP contribution in [0.2, 0.25) is 0 Å². The van der Waals surface area contributed by atoms with Crippen LogP contribution in [0, 0.1) is 0 Å². The van der Waals surface area contributed by atoms with E-state index in [1.165, 1.54) is 0 Å². The SMILES string of the molecule is CCO[Si](OCC)(OCC)OCC.O=P(=O)O[Si]([O-])([O-])[O-].[B+3]. The van der Waals surface area contributed by atoms with Gasteiger partial charge in [-0.15, -0.1) is 0 Å². The molecule has 0 saturated heterocycles. The molecule has 0 bridgehead atoms. The Balaban J connectivity index is -0.000000348. The first-order valence-electron chi connectivity index (χ1n) is 6.16. The summed E-state index contributed by atoms with van der Waals surface area (Å²) in [6.07, 6.45) is 0. The van der Waals surface area contributed by atoms with Crippen LogP contribution in [0.15, 0.2) is 0 Å². The van der Waals surface area contributed by atoms with Crippen LogP contribution in [0.25, 0.3) is 0 Å². The van der Waals surface area contributed by atoms with Crippen LogP contribution in [0.5, 0.6) is 0 Å². The molecule has 128 valence electrons. The summed E-state index contributed by atoms with van der Waals surface area (Å²) in [4.78, 5) is 28.0. The van der Waals surface area contributed by atoms with E-state index in [-0.39, 0.29) is 8.41 Å². The summed E-state index contributed by atoms with van der Waals surface area (Å²) in [5, 5.41) is 0. The van der Waals surface area contributed by atoms with E-state index in [0.29, 0.717) is 26.4 Å². The minimum Gasteiger partial charge on any atom is -0.860 e. The van der Waals surface area contributed by atoms with Gasteiger partial charge in [0.2, 0.25) is 0 Å². The second-order valence-corrected chi connectivity index (χ2v) is 7.38. The van der Waals surface area contributed by atoms with Gasteiger partial charge in [-0.05, 0) is 27.7 Å². The Morgan fingerprint density at radius 3 is 1.14 bits per heavy atom. The molecule has 0 atom stereocenters. The first-order valence-corrected chi connectivity index (χ1v) is 10.5. The monoisotopic (exact) mass is 374 g/mol. The zero-order valence-corrected chi connectivity index (χ0v) is 15.8. The molecule has 0 radical (unpaired) electrons. The average molecular weight is 374 g/mol. The second-order valence-electron chi connectivity index (χ2n) is 3.05. The van der Waals surface area contributed by atoms with Crippen molar-refractivity contribution in [3.05, 3.63) is 0 Å². The van der Waals surface area contributed by atoms with E-state index in [9.17, 15) is 23.5 Å². The molecule has 0 heterocycles. The maximum atomic E-state index is 9.34. The Hall–Kier alpha value is 0.0787. The minimum atomic E-state index is -5.57. The van der Waals surface area contributed by atoms with Crippen molar-refractivity contribution < 1.29 is 45.4 Å². The normalized spacial score (nSPS) is 11.2. The fraction of sp³-hybridized carbons (Fsp3) is 1.00. The Morgan fingerprint density at radius 2 is 1.05 bits per heavy atom. The first kappa shape index (κ1) is 27.0. The zero-order chi connectivity index (χ0) is 16.9. The fourth-order valence-corrected chi connectivity index (χ4v) is 3.69. The van der Waals surface area contributed by atoms with Crippen molar-refractivity contribution >= 4 is 34.4 Å². The summed E-state index contributed by atoms with van der Waals surface area (Å²) in [7, 11) is -11.9. The third kappa shape index (κ3) is 16.4. The largest absolute Gasteiger partial charge is 3.00 e. The summed E-state index contributed by atoms with van der Waals surface area (Å²) >= 11 is 0. The summed E-state index contributed by atoms with van der Waals surface area (Å²) in [5.41, 5.74) is 0. The second kappa shape index (κ2) is 14.7. The van der Waals surface area contributed by atoms with Gasteiger partial charge < -0.3 is 36.3 Å². The van der Waals surface area contributed by atoms with Crippen molar-refractivity contribution in [2.75, 3.05) is 26.4 Å². The third-order valence-corrected chi connectivity index (χ3v) is 5.53. The van der Waals surface area contributed by atoms with Crippen LogP contribution in [0.4, 0.5) is 0 Å². The standard InChI is InChI=1S/C8H20O4Si.B.O6PSi/c1-5-9-13(10-6-2,11-7-3)12-8-4;;1-7(2)6-8(3,4)5/h5-8H2,1-4H3;;/q;+3;-3. The van der Waals surface area contributed by atoms with E-state index in [1.54, 1.807) is 0 Å². The molecule has 0 aromatic rings. The molecule has 0 spiro atoms. The van der Waals surface area contributed by atoms with Crippen LogP contribution >= 0.6 is 7.91 Å². The molecule has 0 aliphatic carbocycles. The average Bonchev–Trinajstić information content (AvgIpc) is 2.27. The molecular weight excluding hydrogens is 354 g/mol. The van der Waals surface area contributed by atoms with Crippen molar-refractivity contribution in [1.82, 2.24) is 0 Å². The molecule has 0 unspecified atom stereocenters. The molecule has 22 heavy (non-hydrogen) atoms. The molecule has 0 amide bonds. The molecule has 0 aliphatic heterocycles. The molecule has 0 rings (SSSR count). The van der Waals surface area contributed by atoms with Crippen molar-refractivity contribution in [2.24, 2.45) is 0 Å². The van der Waals surface area contributed by atoms with Gasteiger partial charge in [0.15, 0.2) is 0 Å². The minimum absolute atomic E-state index is 0. The Labute approximate surface area is 134 Å². The van der Waals surface area contributed by atoms with Crippen LogP contribution in [-0.4, -0.2) is 52.9 Å². The van der Waals surface area contributed by atoms with E-state index in [1.807, 2.05) is 27.7 Å². The van der Waals surface area contributed by atoms with Gasteiger partial charge in [0.05, 0.1) is 0 Å². The molecule has 0 N–H and O–H groups in total. The van der Waals surface area contributed by atoms with E-state index in [4.69, 9.17) is 17.7 Å². The van der Waals surface area contributed by atoms with Crippen molar-refractivity contribution in [3.63, 3.8) is 0 Å². The maximum Gasteiger partial charge on any atom is 3.00 e. The number of hydrogen-bond donors (Lipinski definition) is 0. The van der Waals surface area contributed by atoms with Crippen molar-refractivity contribution in [1.29, 1.82) is 0 Å². The summed E-state index contributed by atoms with van der Waals surface area (Å²) in [6.45, 7) is 9.80. The Morgan fingerprint density at radius 1 is 0.773 bits per heavy atom. The quantitative estimate of drug-likeness (QED) is 0.304. The van der Waals surface area contributed by atoms with Gasteiger partial charge in [-0.2, -0.15) is 0 Å². The van der Waals surface area contributed by atoms with Gasteiger partial charge in [0.1, 0.15) is 0 Å². The molecule has 0 aromatic heterocycles. The van der Waals surface area contributed by atoms with Gasteiger partial charge in [0, 0.05) is 26.4 Å². The summed E-state index contributed by atoms with van der Waals surface area (Å²) in [5.74, 6) is 0. The van der Waals surface area contributed by atoms with E-state index < -0.39 is 26.0 Å². The molecule has 14 heteroatoms. The predicted octanol–water partition coefficient (Wildman–Crippen LogP) is -2.21. The molecule has 10 nitrogen and oxygen atoms in total.